The summed E-state index contributed by atoms with van der Waals surface area (Å²) in [6, 6.07) is 4.33. The Morgan fingerprint density at radius 3 is 2.65 bits per heavy atom. The Balaban J connectivity index is 1.96. The molecule has 1 amide bonds. The first-order chi connectivity index (χ1) is 11.0. The summed E-state index contributed by atoms with van der Waals surface area (Å²) in [5.41, 5.74) is 0.997. The number of carbonyl (C=O) groups excluding carboxylic acids is 1. The highest BCUT2D eigenvalue weighted by atomic mass is 79.9. The number of nitrogens with one attached hydrogen (secondary N) is 1. The van der Waals surface area contributed by atoms with E-state index in [1.165, 1.54) is 22.8 Å². The van der Waals surface area contributed by atoms with Crippen LogP contribution >= 0.6 is 31.9 Å². The molecule has 0 aliphatic heterocycles. The zero-order valence-corrected chi connectivity index (χ0v) is 14.4. The van der Waals surface area contributed by atoms with Gasteiger partial charge in [-0.2, -0.15) is 5.10 Å². The van der Waals surface area contributed by atoms with Crippen molar-refractivity contribution in [2.75, 3.05) is 5.32 Å². The van der Waals surface area contributed by atoms with Gasteiger partial charge in [0, 0.05) is 33.5 Å². The van der Waals surface area contributed by atoms with E-state index >= 15 is 0 Å². The fourth-order valence-electron chi connectivity index (χ4n) is 1.95. The van der Waals surface area contributed by atoms with Crippen molar-refractivity contribution in [1.82, 2.24) is 14.6 Å². The summed E-state index contributed by atoms with van der Waals surface area (Å²) < 4.78 is 2.25. The SMILES string of the molecule is O=C(Nc1c(Br)cc([N+](=O)[O-])cc1Br)c1cnn2cccnc12. The van der Waals surface area contributed by atoms with Gasteiger partial charge in [0.1, 0.15) is 5.56 Å². The predicted octanol–water partition coefficient (Wildman–Crippen LogP) is 3.41. The standard InChI is InChI=1S/C13H7Br2N5O3/c14-9-4-7(20(22)23)5-10(15)11(9)18-13(21)8-6-17-19-3-1-2-16-12(8)19/h1-6H,(H,18,21). The van der Waals surface area contributed by atoms with Gasteiger partial charge < -0.3 is 5.32 Å². The minimum Gasteiger partial charge on any atom is -0.320 e. The number of anilines is 1. The molecule has 8 nitrogen and oxygen atoms in total. The molecule has 0 radical (unpaired) electrons. The average molecular weight is 441 g/mol. The van der Waals surface area contributed by atoms with Gasteiger partial charge in [-0.3, -0.25) is 14.9 Å². The number of rotatable bonds is 3. The molecular formula is C13H7Br2N5O3. The van der Waals surface area contributed by atoms with Gasteiger partial charge in [-0.25, -0.2) is 9.50 Å². The molecule has 0 saturated heterocycles. The molecule has 0 fully saturated rings. The van der Waals surface area contributed by atoms with Gasteiger partial charge in [-0.1, -0.05) is 0 Å². The first kappa shape index (κ1) is 15.6. The predicted molar refractivity (Wildman–Crippen MR) is 89.4 cm³/mol. The van der Waals surface area contributed by atoms with Gasteiger partial charge in [0.05, 0.1) is 16.8 Å². The van der Waals surface area contributed by atoms with E-state index in [0.717, 1.165) is 0 Å². The highest BCUT2D eigenvalue weighted by Crippen LogP contribution is 2.35. The van der Waals surface area contributed by atoms with Crippen LogP contribution in [-0.4, -0.2) is 25.4 Å². The number of nitro groups is 1. The van der Waals surface area contributed by atoms with Crippen molar-refractivity contribution in [3.8, 4) is 0 Å². The Morgan fingerprint density at radius 1 is 1.30 bits per heavy atom. The van der Waals surface area contributed by atoms with Gasteiger partial charge in [-0.05, 0) is 37.9 Å². The number of fused-ring (bicyclic) bond motifs is 1. The zero-order valence-electron chi connectivity index (χ0n) is 11.2. The molecule has 3 rings (SSSR count). The molecule has 0 aliphatic rings. The molecule has 1 aromatic carbocycles. The van der Waals surface area contributed by atoms with Gasteiger partial charge in [0.25, 0.3) is 11.6 Å². The summed E-state index contributed by atoms with van der Waals surface area (Å²) in [5.74, 6) is -0.422. The molecule has 0 atom stereocenters. The molecule has 0 unspecified atom stereocenters. The van der Waals surface area contributed by atoms with E-state index in [1.54, 1.807) is 18.5 Å². The first-order valence-corrected chi connectivity index (χ1v) is 7.79. The Labute approximate surface area is 145 Å². The van der Waals surface area contributed by atoms with Crippen LogP contribution in [0.2, 0.25) is 0 Å². The van der Waals surface area contributed by atoms with Crippen LogP contribution in [0.5, 0.6) is 0 Å². The number of halogens is 2. The molecule has 3 aromatic rings. The van der Waals surface area contributed by atoms with Crippen LogP contribution in [0.4, 0.5) is 11.4 Å². The third-order valence-electron chi connectivity index (χ3n) is 3.00. The number of hydrogen-bond donors (Lipinski definition) is 1. The molecule has 0 aliphatic carbocycles. The van der Waals surface area contributed by atoms with Gasteiger partial charge in [0.2, 0.25) is 0 Å². The van der Waals surface area contributed by atoms with Crippen LogP contribution in [0.15, 0.2) is 45.7 Å². The first-order valence-electron chi connectivity index (χ1n) is 6.20. The maximum atomic E-state index is 12.4. The quantitative estimate of drug-likeness (QED) is 0.496. The Kier molecular flexibility index (Phi) is 4.09. The van der Waals surface area contributed by atoms with Crippen LogP contribution in [0.1, 0.15) is 10.4 Å². The molecule has 0 bridgehead atoms. The summed E-state index contributed by atoms with van der Waals surface area (Å²) in [6.07, 6.45) is 4.65. The van der Waals surface area contributed by atoms with Crippen molar-refractivity contribution in [2.24, 2.45) is 0 Å². The van der Waals surface area contributed by atoms with Crippen molar-refractivity contribution >= 4 is 54.8 Å². The van der Waals surface area contributed by atoms with Crippen LogP contribution in [0, 0.1) is 10.1 Å². The van der Waals surface area contributed by atoms with Crippen molar-refractivity contribution in [3.05, 3.63) is 61.4 Å². The number of benzene rings is 1. The van der Waals surface area contributed by atoms with Crippen molar-refractivity contribution in [2.45, 2.75) is 0 Å². The summed E-state index contributed by atoms with van der Waals surface area (Å²) in [6.45, 7) is 0. The maximum Gasteiger partial charge on any atom is 0.271 e. The Morgan fingerprint density at radius 2 is 2.00 bits per heavy atom. The monoisotopic (exact) mass is 439 g/mol. The van der Waals surface area contributed by atoms with E-state index in [2.05, 4.69) is 47.3 Å². The second kappa shape index (κ2) is 6.05. The number of hydrogen-bond acceptors (Lipinski definition) is 5. The van der Waals surface area contributed by atoms with Gasteiger partial charge >= 0.3 is 0 Å². The highest BCUT2D eigenvalue weighted by Gasteiger charge is 2.19. The van der Waals surface area contributed by atoms with Crippen LogP contribution in [-0.2, 0) is 0 Å². The minimum atomic E-state index is -0.518. The Bertz CT molecular complexity index is 917. The molecule has 23 heavy (non-hydrogen) atoms. The number of aromatic nitrogens is 3. The van der Waals surface area contributed by atoms with E-state index in [0.29, 0.717) is 25.8 Å². The fraction of sp³-hybridized carbons (Fsp3) is 0. The molecule has 116 valence electrons. The molecule has 1 N–H and O–H groups in total. The smallest absolute Gasteiger partial charge is 0.271 e. The normalized spacial score (nSPS) is 10.7. The van der Waals surface area contributed by atoms with E-state index in [1.807, 2.05) is 0 Å². The molecule has 0 saturated carbocycles. The van der Waals surface area contributed by atoms with E-state index in [9.17, 15) is 14.9 Å². The lowest BCUT2D eigenvalue weighted by atomic mass is 10.2. The van der Waals surface area contributed by atoms with Crippen LogP contribution in [0.3, 0.4) is 0 Å². The summed E-state index contributed by atoms with van der Waals surface area (Å²) in [7, 11) is 0. The topological polar surface area (TPSA) is 102 Å². The summed E-state index contributed by atoms with van der Waals surface area (Å²) in [5, 5.41) is 17.6. The number of nitrogens with zero attached hydrogens (tertiary/aromatic N) is 4. The third-order valence-corrected chi connectivity index (χ3v) is 4.25. The number of nitro benzene ring substituents is 1. The summed E-state index contributed by atoms with van der Waals surface area (Å²) >= 11 is 6.44. The summed E-state index contributed by atoms with van der Waals surface area (Å²) in [4.78, 5) is 26.9. The highest BCUT2D eigenvalue weighted by molar-refractivity contribution is 9.11. The van der Waals surface area contributed by atoms with Crippen molar-refractivity contribution in [3.63, 3.8) is 0 Å². The zero-order chi connectivity index (χ0) is 16.6. The van der Waals surface area contributed by atoms with Crippen molar-refractivity contribution in [1.29, 1.82) is 0 Å². The molecular weight excluding hydrogens is 434 g/mol. The lowest BCUT2D eigenvalue weighted by Gasteiger charge is -2.09. The van der Waals surface area contributed by atoms with E-state index < -0.39 is 10.8 Å². The van der Waals surface area contributed by atoms with E-state index in [4.69, 9.17) is 0 Å². The van der Waals surface area contributed by atoms with E-state index in [-0.39, 0.29) is 5.69 Å². The largest absolute Gasteiger partial charge is 0.320 e. The number of non-ortho nitro benzene ring substituents is 1. The number of carbonyl (C=O) groups is 1. The van der Waals surface area contributed by atoms with Crippen molar-refractivity contribution < 1.29 is 9.72 Å². The fourth-order valence-corrected chi connectivity index (χ4v) is 3.31. The maximum absolute atomic E-state index is 12.4. The number of amides is 1. The second-order valence-corrected chi connectivity index (χ2v) is 6.15. The van der Waals surface area contributed by atoms with Crippen LogP contribution < -0.4 is 5.32 Å². The third kappa shape index (κ3) is 2.94. The average Bonchev–Trinajstić information content (AvgIpc) is 2.94. The van der Waals surface area contributed by atoms with Gasteiger partial charge in [0.15, 0.2) is 5.65 Å². The van der Waals surface area contributed by atoms with Crippen LogP contribution in [0.25, 0.3) is 5.65 Å². The second-order valence-electron chi connectivity index (χ2n) is 4.44. The van der Waals surface area contributed by atoms with Gasteiger partial charge in [-0.15, -0.1) is 0 Å². The minimum absolute atomic E-state index is 0.0978. The molecule has 10 heteroatoms. The lowest BCUT2D eigenvalue weighted by molar-refractivity contribution is -0.385. The molecule has 2 heterocycles. The lowest BCUT2D eigenvalue weighted by Crippen LogP contribution is -2.13. The molecule has 0 spiro atoms. The molecule has 2 aromatic heterocycles. The Hall–Kier alpha value is -2.33.